The van der Waals surface area contributed by atoms with Crippen LogP contribution in [0, 0.1) is 5.92 Å². The number of hydrogen-bond donors (Lipinski definition) is 2. The first-order chi connectivity index (χ1) is 13.7. The van der Waals surface area contributed by atoms with Gasteiger partial charge in [-0.1, -0.05) is 54.7 Å². The average Bonchev–Trinajstić information content (AvgIpc) is 2.66. The van der Waals surface area contributed by atoms with Gasteiger partial charge in [0.25, 0.3) is 0 Å². The third-order valence-corrected chi connectivity index (χ3v) is 5.23. The molecule has 0 fully saturated rings. The fourth-order valence-corrected chi connectivity index (χ4v) is 3.39. The van der Waals surface area contributed by atoms with E-state index in [4.69, 9.17) is 44.3 Å². The van der Waals surface area contributed by atoms with Gasteiger partial charge in [0.2, 0.25) is 0 Å². The van der Waals surface area contributed by atoms with Crippen molar-refractivity contribution in [2.45, 2.75) is 39.5 Å². The lowest BCUT2D eigenvalue weighted by Gasteiger charge is -2.18. The molecule has 0 aromatic heterocycles. The van der Waals surface area contributed by atoms with Crippen molar-refractivity contribution >= 4 is 40.8 Å². The quantitative estimate of drug-likeness (QED) is 0.467. The molecule has 0 aliphatic rings. The maximum absolute atomic E-state index is 11.4. The van der Waals surface area contributed by atoms with Crippen molar-refractivity contribution in [1.29, 1.82) is 0 Å². The summed E-state index contributed by atoms with van der Waals surface area (Å²) in [5, 5.41) is 13.7. The van der Waals surface area contributed by atoms with Gasteiger partial charge in [-0.2, -0.15) is 0 Å². The molecule has 8 heteroatoms. The average molecular weight is 461 g/mol. The van der Waals surface area contributed by atoms with E-state index < -0.39 is 12.0 Å². The van der Waals surface area contributed by atoms with Crippen molar-refractivity contribution in [3.63, 3.8) is 0 Å². The zero-order valence-electron chi connectivity index (χ0n) is 16.5. The monoisotopic (exact) mass is 459 g/mol. The molecule has 2 N–H and O–H groups in total. The van der Waals surface area contributed by atoms with Crippen molar-refractivity contribution in [3.05, 3.63) is 56.5 Å². The molecular formula is C21H24Cl3NO4. The number of methoxy groups -OCH3 is 1. The smallest absolute Gasteiger partial charge is 0.320 e. The second kappa shape index (κ2) is 10.9. The maximum Gasteiger partial charge on any atom is 0.320 e. The number of carboxylic acids is 1. The van der Waals surface area contributed by atoms with Crippen LogP contribution in [-0.2, 0) is 17.9 Å². The lowest BCUT2D eigenvalue weighted by molar-refractivity contribution is -0.140. The van der Waals surface area contributed by atoms with E-state index >= 15 is 0 Å². The van der Waals surface area contributed by atoms with E-state index in [1.807, 2.05) is 19.9 Å². The summed E-state index contributed by atoms with van der Waals surface area (Å²) in [5.41, 5.74) is 1.63. The van der Waals surface area contributed by atoms with Gasteiger partial charge in [0.15, 0.2) is 11.5 Å². The Morgan fingerprint density at radius 2 is 1.76 bits per heavy atom. The van der Waals surface area contributed by atoms with E-state index in [0.717, 1.165) is 11.1 Å². The summed E-state index contributed by atoms with van der Waals surface area (Å²) in [7, 11) is 1.52. The van der Waals surface area contributed by atoms with Gasteiger partial charge in [0, 0.05) is 6.54 Å². The van der Waals surface area contributed by atoms with Gasteiger partial charge in [-0.15, -0.1) is 0 Å². The Bertz CT molecular complexity index is 858. The van der Waals surface area contributed by atoms with Crippen LogP contribution >= 0.6 is 34.8 Å². The van der Waals surface area contributed by atoms with Gasteiger partial charge < -0.3 is 19.9 Å². The summed E-state index contributed by atoms with van der Waals surface area (Å²) >= 11 is 18.4. The van der Waals surface area contributed by atoms with Gasteiger partial charge in [-0.05, 0) is 47.7 Å². The summed E-state index contributed by atoms with van der Waals surface area (Å²) in [6, 6.07) is 8.11. The van der Waals surface area contributed by atoms with Crippen LogP contribution in [-0.4, -0.2) is 24.2 Å². The molecule has 29 heavy (non-hydrogen) atoms. The van der Waals surface area contributed by atoms with Crippen LogP contribution in [0.3, 0.4) is 0 Å². The molecular weight excluding hydrogens is 437 g/mol. The van der Waals surface area contributed by atoms with Crippen LogP contribution in [0.15, 0.2) is 30.3 Å². The predicted octanol–water partition coefficient (Wildman–Crippen LogP) is 5.82. The minimum Gasteiger partial charge on any atom is -0.493 e. The zero-order valence-corrected chi connectivity index (χ0v) is 18.7. The highest BCUT2D eigenvalue weighted by Crippen LogP contribution is 2.37. The molecule has 1 atom stereocenters. The van der Waals surface area contributed by atoms with Crippen LogP contribution in [0.25, 0.3) is 0 Å². The first-order valence-electron chi connectivity index (χ1n) is 9.10. The SMILES string of the molecule is COc1cc(CNC(CC(C)C)C(=O)O)cc(Cl)c1OCc1ccc(Cl)c(Cl)c1. The molecule has 0 radical (unpaired) electrons. The maximum atomic E-state index is 11.4. The third-order valence-electron chi connectivity index (χ3n) is 4.21. The van der Waals surface area contributed by atoms with E-state index in [2.05, 4.69) is 5.32 Å². The molecule has 158 valence electrons. The molecule has 2 aromatic rings. The van der Waals surface area contributed by atoms with Crippen LogP contribution in [0.5, 0.6) is 11.5 Å². The second-order valence-electron chi connectivity index (χ2n) is 7.05. The van der Waals surface area contributed by atoms with E-state index in [1.165, 1.54) is 7.11 Å². The number of carboxylic acid groups (broad SMARTS) is 1. The summed E-state index contributed by atoms with van der Waals surface area (Å²) in [6.07, 6.45) is 0.533. The molecule has 1 unspecified atom stereocenters. The molecule has 0 amide bonds. The molecule has 2 rings (SSSR count). The highest BCUT2D eigenvalue weighted by molar-refractivity contribution is 6.42. The molecule has 0 spiro atoms. The number of hydrogen-bond acceptors (Lipinski definition) is 4. The number of halogens is 3. The van der Waals surface area contributed by atoms with Gasteiger partial charge in [-0.25, -0.2) is 0 Å². The number of aliphatic carboxylic acids is 1. The molecule has 0 aliphatic carbocycles. The Balaban J connectivity index is 2.11. The number of benzene rings is 2. The van der Waals surface area contributed by atoms with Crippen molar-refractivity contribution < 1.29 is 19.4 Å². The topological polar surface area (TPSA) is 67.8 Å². The molecule has 5 nitrogen and oxygen atoms in total. The van der Waals surface area contributed by atoms with Crippen LogP contribution in [0.1, 0.15) is 31.4 Å². The first-order valence-corrected chi connectivity index (χ1v) is 10.2. The largest absolute Gasteiger partial charge is 0.493 e. The Morgan fingerprint density at radius 1 is 1.07 bits per heavy atom. The highest BCUT2D eigenvalue weighted by atomic mass is 35.5. The van der Waals surface area contributed by atoms with E-state index in [0.29, 0.717) is 39.5 Å². The highest BCUT2D eigenvalue weighted by Gasteiger charge is 2.19. The van der Waals surface area contributed by atoms with Gasteiger partial charge >= 0.3 is 5.97 Å². The molecule has 0 aliphatic heterocycles. The summed E-state index contributed by atoms with van der Waals surface area (Å²) < 4.78 is 11.3. The first kappa shape index (κ1) is 23.6. The van der Waals surface area contributed by atoms with Gasteiger partial charge in [0.1, 0.15) is 12.6 Å². The number of rotatable bonds is 10. The van der Waals surface area contributed by atoms with Gasteiger partial charge in [0.05, 0.1) is 22.2 Å². The summed E-state index contributed by atoms with van der Waals surface area (Å²) in [5.74, 6) is 0.253. The minimum atomic E-state index is -0.877. The minimum absolute atomic E-state index is 0.236. The second-order valence-corrected chi connectivity index (χ2v) is 8.27. The van der Waals surface area contributed by atoms with Gasteiger partial charge in [-0.3, -0.25) is 4.79 Å². The fraction of sp³-hybridized carbons (Fsp3) is 0.381. The Morgan fingerprint density at radius 3 is 2.34 bits per heavy atom. The molecule has 0 saturated heterocycles. The third kappa shape index (κ3) is 6.96. The van der Waals surface area contributed by atoms with Crippen molar-refractivity contribution in [1.82, 2.24) is 5.32 Å². The van der Waals surface area contributed by atoms with Crippen LogP contribution in [0.2, 0.25) is 15.1 Å². The fourth-order valence-electron chi connectivity index (χ4n) is 2.78. The van der Waals surface area contributed by atoms with Crippen molar-refractivity contribution in [2.24, 2.45) is 5.92 Å². The Kier molecular flexibility index (Phi) is 8.90. The normalized spacial score (nSPS) is 12.1. The van der Waals surface area contributed by atoms with E-state index in [1.54, 1.807) is 24.3 Å². The lowest BCUT2D eigenvalue weighted by atomic mass is 10.0. The molecule has 0 saturated carbocycles. The van der Waals surface area contributed by atoms with Crippen LogP contribution < -0.4 is 14.8 Å². The molecule has 0 bridgehead atoms. The lowest BCUT2D eigenvalue weighted by Crippen LogP contribution is -2.37. The number of nitrogens with one attached hydrogen (secondary N) is 1. The summed E-state index contributed by atoms with van der Waals surface area (Å²) in [4.78, 5) is 11.4. The van der Waals surface area contributed by atoms with Crippen molar-refractivity contribution in [3.8, 4) is 11.5 Å². The number of carbonyl (C=O) groups is 1. The van der Waals surface area contributed by atoms with Crippen molar-refractivity contribution in [2.75, 3.05) is 7.11 Å². The molecule has 0 heterocycles. The van der Waals surface area contributed by atoms with E-state index in [-0.39, 0.29) is 12.5 Å². The Hall–Kier alpha value is -1.66. The summed E-state index contributed by atoms with van der Waals surface area (Å²) in [6.45, 7) is 4.54. The standard InChI is InChI=1S/C21H24Cl3NO4/c1-12(2)6-18(21(26)27)25-10-14-8-17(24)20(19(9-14)28-3)29-11-13-4-5-15(22)16(23)7-13/h4-5,7-9,12,18,25H,6,10-11H2,1-3H3,(H,26,27). The van der Waals surface area contributed by atoms with E-state index in [9.17, 15) is 9.90 Å². The predicted molar refractivity (Wildman–Crippen MR) is 117 cm³/mol. The molecule has 2 aromatic carbocycles. The Labute approximate surface area is 185 Å². The van der Waals surface area contributed by atoms with Crippen LogP contribution in [0.4, 0.5) is 0 Å². The number of ether oxygens (including phenoxy) is 2. The zero-order chi connectivity index (χ0) is 21.6.